The summed E-state index contributed by atoms with van der Waals surface area (Å²) in [6, 6.07) is 0.255. The molecule has 0 unspecified atom stereocenters. The van der Waals surface area contributed by atoms with Crippen LogP contribution in [0.2, 0.25) is 0 Å². The molecule has 1 aliphatic rings. The third-order valence-electron chi connectivity index (χ3n) is 3.95. The Bertz CT molecular complexity index is 302. The van der Waals surface area contributed by atoms with Gasteiger partial charge in [0.15, 0.2) is 0 Å². The van der Waals surface area contributed by atoms with Gasteiger partial charge in [-0.25, -0.2) is 0 Å². The first-order valence-electron chi connectivity index (χ1n) is 6.84. The first-order valence-corrected chi connectivity index (χ1v) is 6.84. The van der Waals surface area contributed by atoms with Gasteiger partial charge in [0.2, 0.25) is 0 Å². The van der Waals surface area contributed by atoms with Crippen LogP contribution in [0, 0.1) is 10.8 Å². The predicted molar refractivity (Wildman–Crippen MR) is 74.4 cm³/mol. The number of ether oxygens (including phenoxy) is 1. The number of hydrogen-bond acceptors (Lipinski definition) is 2. The van der Waals surface area contributed by atoms with Crippen LogP contribution < -0.4 is 5.32 Å². The van der Waals surface area contributed by atoms with Crippen LogP contribution in [0.15, 0.2) is 0 Å². The first kappa shape index (κ1) is 15.5. The van der Waals surface area contributed by atoms with Gasteiger partial charge in [-0.3, -0.25) is 4.79 Å². The van der Waals surface area contributed by atoms with E-state index in [1.807, 2.05) is 0 Å². The molecule has 0 aromatic carbocycles. The van der Waals surface area contributed by atoms with Crippen molar-refractivity contribution in [1.29, 1.82) is 0 Å². The smallest absolute Gasteiger partial charge is 0.251 e. The third kappa shape index (κ3) is 3.98. The van der Waals surface area contributed by atoms with Gasteiger partial charge in [-0.05, 0) is 43.9 Å². The second-order valence-electron chi connectivity index (χ2n) is 7.80. The van der Waals surface area contributed by atoms with Gasteiger partial charge < -0.3 is 10.1 Å². The van der Waals surface area contributed by atoms with Crippen molar-refractivity contribution in [1.82, 2.24) is 5.32 Å². The Morgan fingerprint density at radius 2 is 1.61 bits per heavy atom. The fourth-order valence-electron chi connectivity index (χ4n) is 3.40. The van der Waals surface area contributed by atoms with E-state index in [1.165, 1.54) is 6.42 Å². The summed E-state index contributed by atoms with van der Waals surface area (Å²) < 4.78 is 5.23. The molecule has 1 rings (SSSR count). The zero-order chi connectivity index (χ0) is 14.2. The van der Waals surface area contributed by atoms with E-state index >= 15 is 0 Å². The van der Waals surface area contributed by atoms with E-state index in [4.69, 9.17) is 4.74 Å². The van der Waals surface area contributed by atoms with E-state index in [9.17, 15) is 4.79 Å². The summed E-state index contributed by atoms with van der Waals surface area (Å²) in [5.41, 5.74) is -0.167. The monoisotopic (exact) mass is 255 g/mol. The summed E-state index contributed by atoms with van der Waals surface area (Å²) in [6.45, 7) is 12.8. The van der Waals surface area contributed by atoms with Gasteiger partial charge in [0.25, 0.3) is 5.91 Å². The molecule has 0 spiro atoms. The topological polar surface area (TPSA) is 38.3 Å². The summed E-state index contributed by atoms with van der Waals surface area (Å²) >= 11 is 0. The van der Waals surface area contributed by atoms with Crippen molar-refractivity contribution in [3.05, 3.63) is 0 Å². The molecular formula is C15H29NO2. The lowest BCUT2D eigenvalue weighted by atomic mass is 9.63. The van der Waals surface area contributed by atoms with Crippen LogP contribution in [0.4, 0.5) is 0 Å². The van der Waals surface area contributed by atoms with Crippen molar-refractivity contribution in [2.45, 2.75) is 72.4 Å². The molecule has 0 bridgehead atoms. The number of hydrogen-bond donors (Lipinski definition) is 1. The highest BCUT2D eigenvalue weighted by Crippen LogP contribution is 2.45. The van der Waals surface area contributed by atoms with Crippen molar-refractivity contribution in [2.24, 2.45) is 10.8 Å². The second kappa shape index (κ2) is 4.84. The molecule has 1 fully saturated rings. The molecule has 106 valence electrons. The van der Waals surface area contributed by atoms with Crippen molar-refractivity contribution >= 4 is 5.91 Å². The molecule has 0 aromatic heterocycles. The lowest BCUT2D eigenvalue weighted by Gasteiger charge is -2.45. The Labute approximate surface area is 112 Å². The molecule has 3 heteroatoms. The number of carbonyl (C=O) groups excluding carboxylic acids is 1. The van der Waals surface area contributed by atoms with E-state index in [0.717, 1.165) is 12.8 Å². The Hall–Kier alpha value is -0.570. The fraction of sp³-hybridized carbons (Fsp3) is 0.933. The molecule has 1 aliphatic carbocycles. The zero-order valence-electron chi connectivity index (χ0n) is 13.0. The number of rotatable bonds is 3. The van der Waals surface area contributed by atoms with E-state index in [2.05, 4.69) is 33.0 Å². The van der Waals surface area contributed by atoms with Crippen LogP contribution in [0.3, 0.4) is 0 Å². The van der Waals surface area contributed by atoms with E-state index in [-0.39, 0.29) is 22.8 Å². The summed E-state index contributed by atoms with van der Waals surface area (Å²) in [5, 5.41) is 3.16. The van der Waals surface area contributed by atoms with Crippen molar-refractivity contribution in [2.75, 3.05) is 7.11 Å². The van der Waals surface area contributed by atoms with Crippen LogP contribution in [0.25, 0.3) is 0 Å². The van der Waals surface area contributed by atoms with Gasteiger partial charge in [0.05, 0.1) is 0 Å². The van der Waals surface area contributed by atoms with Crippen LogP contribution in [0.5, 0.6) is 0 Å². The van der Waals surface area contributed by atoms with Gasteiger partial charge >= 0.3 is 0 Å². The first-order chi connectivity index (χ1) is 7.97. The minimum Gasteiger partial charge on any atom is -0.369 e. The molecule has 1 saturated carbocycles. The van der Waals surface area contributed by atoms with E-state index in [0.29, 0.717) is 0 Å². The highest BCUT2D eigenvalue weighted by Gasteiger charge is 2.40. The summed E-state index contributed by atoms with van der Waals surface area (Å²) in [6.07, 6.45) is 3.30. The molecule has 1 N–H and O–H groups in total. The maximum absolute atomic E-state index is 12.1. The molecule has 0 atom stereocenters. The average molecular weight is 255 g/mol. The number of carbonyl (C=O) groups is 1. The summed E-state index contributed by atoms with van der Waals surface area (Å²) in [4.78, 5) is 12.1. The zero-order valence-corrected chi connectivity index (χ0v) is 13.0. The van der Waals surface area contributed by atoms with E-state index < -0.39 is 5.60 Å². The molecule has 0 aromatic rings. The predicted octanol–water partition coefficient (Wildman–Crippen LogP) is 3.13. The molecule has 0 radical (unpaired) electrons. The number of methoxy groups -OCH3 is 1. The SMILES string of the molecule is COC(C)(C)C(=O)NC1CC(C)(C)CC(C)(C)C1. The third-order valence-corrected chi connectivity index (χ3v) is 3.95. The lowest BCUT2D eigenvalue weighted by molar-refractivity contribution is -0.141. The number of amides is 1. The van der Waals surface area contributed by atoms with Gasteiger partial charge in [-0.15, -0.1) is 0 Å². The van der Waals surface area contributed by atoms with Crippen LogP contribution >= 0.6 is 0 Å². The lowest BCUT2D eigenvalue weighted by Crippen LogP contribution is -2.52. The molecule has 0 saturated heterocycles. The largest absolute Gasteiger partial charge is 0.369 e. The van der Waals surface area contributed by atoms with Crippen molar-refractivity contribution in [3.63, 3.8) is 0 Å². The maximum Gasteiger partial charge on any atom is 0.251 e. The standard InChI is InChI=1S/C15H29NO2/c1-13(2)8-11(9-14(3,4)10-13)16-12(17)15(5,6)18-7/h11H,8-10H2,1-7H3,(H,16,17). The molecule has 18 heavy (non-hydrogen) atoms. The Morgan fingerprint density at radius 1 is 1.17 bits per heavy atom. The molecule has 3 nitrogen and oxygen atoms in total. The molecule has 0 aliphatic heterocycles. The van der Waals surface area contributed by atoms with Crippen LogP contribution in [-0.4, -0.2) is 24.7 Å². The van der Waals surface area contributed by atoms with Gasteiger partial charge in [0.1, 0.15) is 5.60 Å². The fourth-order valence-corrected chi connectivity index (χ4v) is 3.40. The Morgan fingerprint density at radius 3 is 2.00 bits per heavy atom. The Balaban J connectivity index is 2.71. The van der Waals surface area contributed by atoms with Crippen LogP contribution in [-0.2, 0) is 9.53 Å². The normalized spacial score (nSPS) is 23.7. The quantitative estimate of drug-likeness (QED) is 0.841. The second-order valence-corrected chi connectivity index (χ2v) is 7.80. The highest BCUT2D eigenvalue weighted by molar-refractivity contribution is 5.84. The van der Waals surface area contributed by atoms with Crippen molar-refractivity contribution in [3.8, 4) is 0 Å². The van der Waals surface area contributed by atoms with Crippen molar-refractivity contribution < 1.29 is 9.53 Å². The van der Waals surface area contributed by atoms with E-state index in [1.54, 1.807) is 21.0 Å². The van der Waals surface area contributed by atoms with Crippen LogP contribution in [0.1, 0.15) is 60.8 Å². The highest BCUT2D eigenvalue weighted by atomic mass is 16.5. The summed E-state index contributed by atoms with van der Waals surface area (Å²) in [7, 11) is 1.58. The van der Waals surface area contributed by atoms with Gasteiger partial charge in [-0.2, -0.15) is 0 Å². The molecule has 0 heterocycles. The van der Waals surface area contributed by atoms with Gasteiger partial charge in [-0.1, -0.05) is 27.7 Å². The summed E-state index contributed by atoms with van der Waals surface area (Å²) in [5.74, 6) is -0.0106. The Kier molecular flexibility index (Phi) is 4.16. The maximum atomic E-state index is 12.1. The average Bonchev–Trinajstić information content (AvgIpc) is 2.12. The minimum absolute atomic E-state index is 0.0106. The number of nitrogens with one attached hydrogen (secondary N) is 1. The van der Waals surface area contributed by atoms with Gasteiger partial charge in [0, 0.05) is 13.2 Å². The minimum atomic E-state index is -0.744. The molecular weight excluding hydrogens is 226 g/mol. The molecule has 1 amide bonds.